The van der Waals surface area contributed by atoms with Crippen molar-refractivity contribution in [2.45, 2.75) is 39.7 Å². The zero-order valence-electron chi connectivity index (χ0n) is 21.1. The molecule has 4 rings (SSSR count). The molecule has 1 atom stereocenters. The minimum absolute atomic E-state index is 0.00744. The SMILES string of the molecule is COc1ccc(CN(CC2CCCC2(C)C)C(=O)c2ccc(-c3cccc(O)c3)cc2)c(OC)c1. The lowest BCUT2D eigenvalue weighted by Gasteiger charge is -2.33. The van der Waals surface area contributed by atoms with Gasteiger partial charge in [-0.05, 0) is 71.7 Å². The summed E-state index contributed by atoms with van der Waals surface area (Å²) >= 11 is 0. The quantitative estimate of drug-likeness (QED) is 0.403. The van der Waals surface area contributed by atoms with Gasteiger partial charge in [-0.1, -0.05) is 44.5 Å². The minimum Gasteiger partial charge on any atom is -0.508 e. The number of aromatic hydroxyl groups is 1. The molecule has 0 saturated heterocycles. The van der Waals surface area contributed by atoms with E-state index in [-0.39, 0.29) is 17.1 Å². The minimum atomic E-state index is 0.00744. The number of hydrogen-bond donors (Lipinski definition) is 1. The first-order valence-electron chi connectivity index (χ1n) is 12.2. The van der Waals surface area contributed by atoms with Crippen molar-refractivity contribution in [3.63, 3.8) is 0 Å². The Kier molecular flexibility index (Phi) is 7.34. The number of carbonyl (C=O) groups excluding carboxylic acids is 1. The average molecular weight is 474 g/mol. The van der Waals surface area contributed by atoms with E-state index in [1.165, 1.54) is 12.8 Å². The molecule has 184 valence electrons. The number of methoxy groups -OCH3 is 2. The Morgan fingerprint density at radius 3 is 2.40 bits per heavy atom. The molecule has 3 aromatic carbocycles. The van der Waals surface area contributed by atoms with E-state index in [0.717, 1.165) is 28.9 Å². The van der Waals surface area contributed by atoms with E-state index in [0.29, 0.717) is 30.3 Å². The predicted octanol–water partition coefficient (Wildman–Crippen LogP) is 6.55. The van der Waals surface area contributed by atoms with Crippen molar-refractivity contribution in [2.75, 3.05) is 20.8 Å². The molecule has 0 bridgehead atoms. The number of carbonyl (C=O) groups is 1. The van der Waals surface area contributed by atoms with Gasteiger partial charge < -0.3 is 19.5 Å². The number of amides is 1. The monoisotopic (exact) mass is 473 g/mol. The maximum absolute atomic E-state index is 13.8. The van der Waals surface area contributed by atoms with Gasteiger partial charge >= 0.3 is 0 Å². The molecule has 0 aromatic heterocycles. The lowest BCUT2D eigenvalue weighted by molar-refractivity contribution is 0.0669. The van der Waals surface area contributed by atoms with Gasteiger partial charge in [0.15, 0.2) is 0 Å². The zero-order chi connectivity index (χ0) is 25.0. The first kappa shape index (κ1) is 24.6. The van der Waals surface area contributed by atoms with Gasteiger partial charge in [0.1, 0.15) is 17.2 Å². The third-order valence-corrected chi connectivity index (χ3v) is 7.37. The summed E-state index contributed by atoms with van der Waals surface area (Å²) in [5.41, 5.74) is 3.68. The highest BCUT2D eigenvalue weighted by atomic mass is 16.5. The van der Waals surface area contributed by atoms with E-state index in [2.05, 4.69) is 13.8 Å². The van der Waals surface area contributed by atoms with Gasteiger partial charge in [0.2, 0.25) is 0 Å². The summed E-state index contributed by atoms with van der Waals surface area (Å²) in [6, 6.07) is 20.5. The molecule has 0 aliphatic heterocycles. The summed E-state index contributed by atoms with van der Waals surface area (Å²) in [5.74, 6) is 2.12. The second-order valence-electron chi connectivity index (χ2n) is 10.1. The number of nitrogens with zero attached hydrogens (tertiary/aromatic N) is 1. The average Bonchev–Trinajstić information content (AvgIpc) is 3.20. The van der Waals surface area contributed by atoms with Crippen LogP contribution < -0.4 is 9.47 Å². The number of hydrogen-bond acceptors (Lipinski definition) is 4. The van der Waals surface area contributed by atoms with Gasteiger partial charge in [-0.25, -0.2) is 0 Å². The fourth-order valence-corrected chi connectivity index (χ4v) is 5.08. The Bertz CT molecular complexity index is 1170. The number of benzene rings is 3. The Hall–Kier alpha value is -3.47. The molecule has 35 heavy (non-hydrogen) atoms. The third-order valence-electron chi connectivity index (χ3n) is 7.37. The van der Waals surface area contributed by atoms with Gasteiger partial charge in [0.05, 0.1) is 14.2 Å². The van der Waals surface area contributed by atoms with E-state index < -0.39 is 0 Å². The fourth-order valence-electron chi connectivity index (χ4n) is 5.08. The lowest BCUT2D eigenvalue weighted by atomic mass is 9.81. The molecule has 3 aromatic rings. The molecule has 5 heteroatoms. The van der Waals surface area contributed by atoms with E-state index in [4.69, 9.17) is 9.47 Å². The van der Waals surface area contributed by atoms with Crippen molar-refractivity contribution in [1.82, 2.24) is 4.90 Å². The third kappa shape index (κ3) is 5.61. The normalized spacial score (nSPS) is 16.6. The molecule has 1 fully saturated rings. The highest BCUT2D eigenvalue weighted by Gasteiger charge is 2.36. The van der Waals surface area contributed by atoms with Gasteiger partial charge in [-0.2, -0.15) is 0 Å². The topological polar surface area (TPSA) is 59.0 Å². The highest BCUT2D eigenvalue weighted by Crippen LogP contribution is 2.43. The van der Waals surface area contributed by atoms with Crippen molar-refractivity contribution >= 4 is 5.91 Å². The van der Waals surface area contributed by atoms with Crippen molar-refractivity contribution < 1.29 is 19.4 Å². The molecule has 0 spiro atoms. The van der Waals surface area contributed by atoms with Crippen LogP contribution in [0, 0.1) is 11.3 Å². The molecule has 5 nitrogen and oxygen atoms in total. The molecule has 1 aliphatic carbocycles. The van der Waals surface area contributed by atoms with Crippen LogP contribution >= 0.6 is 0 Å². The maximum Gasteiger partial charge on any atom is 0.254 e. The Balaban J connectivity index is 1.62. The van der Waals surface area contributed by atoms with E-state index in [9.17, 15) is 9.90 Å². The summed E-state index contributed by atoms with van der Waals surface area (Å²) in [7, 11) is 3.28. The molecule has 1 amide bonds. The summed E-state index contributed by atoms with van der Waals surface area (Å²) < 4.78 is 11.0. The molecule has 0 heterocycles. The first-order chi connectivity index (χ1) is 16.8. The van der Waals surface area contributed by atoms with Crippen LogP contribution in [0.15, 0.2) is 66.7 Å². The zero-order valence-corrected chi connectivity index (χ0v) is 21.1. The molecule has 1 aliphatic rings. The Labute approximate surface area is 208 Å². The Morgan fingerprint density at radius 1 is 1.00 bits per heavy atom. The summed E-state index contributed by atoms with van der Waals surface area (Å²) in [6.45, 7) is 5.79. The summed E-state index contributed by atoms with van der Waals surface area (Å²) in [4.78, 5) is 15.8. The molecule has 1 N–H and O–H groups in total. The number of phenolic OH excluding ortho intramolecular Hbond substituents is 1. The molecular formula is C30H35NO4. The number of rotatable bonds is 8. The van der Waals surface area contributed by atoms with Crippen molar-refractivity contribution in [1.29, 1.82) is 0 Å². The van der Waals surface area contributed by atoms with Gasteiger partial charge in [-0.3, -0.25) is 4.79 Å². The van der Waals surface area contributed by atoms with E-state index in [1.54, 1.807) is 26.4 Å². The number of ether oxygens (including phenoxy) is 2. The number of phenols is 1. The van der Waals surface area contributed by atoms with Crippen molar-refractivity contribution in [2.24, 2.45) is 11.3 Å². The molecule has 1 saturated carbocycles. The van der Waals surface area contributed by atoms with Crippen LogP contribution in [-0.2, 0) is 6.54 Å². The second kappa shape index (κ2) is 10.4. The van der Waals surface area contributed by atoms with Crippen LogP contribution in [0.5, 0.6) is 17.2 Å². The van der Waals surface area contributed by atoms with E-state index >= 15 is 0 Å². The predicted molar refractivity (Wildman–Crippen MR) is 139 cm³/mol. The smallest absolute Gasteiger partial charge is 0.254 e. The molecule has 1 unspecified atom stereocenters. The Morgan fingerprint density at radius 2 is 1.77 bits per heavy atom. The molecule has 0 radical (unpaired) electrons. The van der Waals surface area contributed by atoms with Crippen LogP contribution in [0.3, 0.4) is 0 Å². The van der Waals surface area contributed by atoms with Crippen LogP contribution in [0.4, 0.5) is 0 Å². The fraction of sp³-hybridized carbons (Fsp3) is 0.367. The highest BCUT2D eigenvalue weighted by molar-refractivity contribution is 5.94. The lowest BCUT2D eigenvalue weighted by Crippen LogP contribution is -2.38. The van der Waals surface area contributed by atoms with Gasteiger partial charge in [0.25, 0.3) is 5.91 Å². The summed E-state index contributed by atoms with van der Waals surface area (Å²) in [6.07, 6.45) is 3.52. The van der Waals surface area contributed by atoms with E-state index in [1.807, 2.05) is 59.5 Å². The van der Waals surface area contributed by atoms with Gasteiger partial charge in [0, 0.05) is 30.3 Å². The van der Waals surface area contributed by atoms with Crippen LogP contribution in [0.25, 0.3) is 11.1 Å². The van der Waals surface area contributed by atoms with Crippen LogP contribution in [0.1, 0.15) is 49.0 Å². The summed E-state index contributed by atoms with van der Waals surface area (Å²) in [5, 5.41) is 9.80. The van der Waals surface area contributed by atoms with Crippen molar-refractivity contribution in [3.05, 3.63) is 77.9 Å². The molecular weight excluding hydrogens is 438 g/mol. The van der Waals surface area contributed by atoms with Crippen LogP contribution in [0.2, 0.25) is 0 Å². The largest absolute Gasteiger partial charge is 0.508 e. The van der Waals surface area contributed by atoms with Gasteiger partial charge in [-0.15, -0.1) is 0 Å². The second-order valence-corrected chi connectivity index (χ2v) is 10.1. The van der Waals surface area contributed by atoms with Crippen LogP contribution in [-0.4, -0.2) is 36.7 Å². The van der Waals surface area contributed by atoms with Crippen molar-refractivity contribution in [3.8, 4) is 28.4 Å². The standard InChI is InChI=1S/C30H35NO4/c1-30(2)16-6-8-25(30)20-31(19-24-14-15-27(34-3)18-28(24)35-4)29(33)22-12-10-21(11-13-22)23-7-5-9-26(32)17-23/h5,7,9-15,17-18,25,32H,6,8,16,19-20H2,1-4H3. The maximum atomic E-state index is 13.8. The first-order valence-corrected chi connectivity index (χ1v) is 12.2.